The molecule has 2 rings (SSSR count). The van der Waals surface area contributed by atoms with Crippen molar-refractivity contribution >= 4 is 23.5 Å². The van der Waals surface area contributed by atoms with Gasteiger partial charge in [-0.25, -0.2) is 0 Å². The number of aliphatic hydroxyl groups excluding tert-OH is 1. The molecule has 1 atom stereocenters. The number of halogens is 1. The molecule has 6 nitrogen and oxygen atoms in total. The molecule has 1 aliphatic rings. The number of amides is 1. The van der Waals surface area contributed by atoms with Gasteiger partial charge in [0.2, 0.25) is 0 Å². The number of guanidine groups is 1. The van der Waals surface area contributed by atoms with Gasteiger partial charge in [-0.1, -0.05) is 23.7 Å². The number of aliphatic hydroxyl groups is 1. The van der Waals surface area contributed by atoms with Crippen LogP contribution in [0, 0.1) is 0 Å². The Morgan fingerprint density at radius 2 is 2.22 bits per heavy atom. The number of nitrogens with zero attached hydrogens (tertiary/aromatic N) is 2. The number of rotatable bonds is 5. The van der Waals surface area contributed by atoms with Crippen molar-refractivity contribution in [2.45, 2.75) is 19.4 Å². The summed E-state index contributed by atoms with van der Waals surface area (Å²) in [6, 6.07) is 6.95. The molecule has 126 valence electrons. The van der Waals surface area contributed by atoms with Gasteiger partial charge < -0.3 is 20.6 Å². The minimum Gasteiger partial charge on any atom is -0.391 e. The van der Waals surface area contributed by atoms with E-state index in [4.69, 9.17) is 11.6 Å². The highest BCUT2D eigenvalue weighted by Crippen LogP contribution is 2.14. The molecule has 1 heterocycles. The highest BCUT2D eigenvalue weighted by molar-refractivity contribution is 6.33. The van der Waals surface area contributed by atoms with Gasteiger partial charge in [0.25, 0.3) is 5.91 Å². The van der Waals surface area contributed by atoms with E-state index < -0.39 is 0 Å². The lowest BCUT2D eigenvalue weighted by molar-refractivity contribution is 0.0955. The van der Waals surface area contributed by atoms with E-state index in [1.165, 1.54) is 0 Å². The summed E-state index contributed by atoms with van der Waals surface area (Å²) in [4.78, 5) is 18.6. The SMILES string of the molecule is CCNC(=NCCNC(=O)c1ccccc1Cl)N1CC[C@@H](O)C1. The van der Waals surface area contributed by atoms with Crippen LogP contribution in [0.5, 0.6) is 0 Å². The highest BCUT2D eigenvalue weighted by atomic mass is 35.5. The molecular weight excluding hydrogens is 316 g/mol. The molecule has 0 aliphatic carbocycles. The second-order valence-electron chi connectivity index (χ2n) is 5.36. The fraction of sp³-hybridized carbons (Fsp3) is 0.500. The van der Waals surface area contributed by atoms with Crippen molar-refractivity contribution in [3.05, 3.63) is 34.9 Å². The fourth-order valence-electron chi connectivity index (χ4n) is 2.43. The van der Waals surface area contributed by atoms with Crippen LogP contribution in [-0.2, 0) is 0 Å². The first-order valence-corrected chi connectivity index (χ1v) is 8.23. The fourth-order valence-corrected chi connectivity index (χ4v) is 2.65. The highest BCUT2D eigenvalue weighted by Gasteiger charge is 2.22. The van der Waals surface area contributed by atoms with Gasteiger partial charge in [-0.05, 0) is 25.5 Å². The van der Waals surface area contributed by atoms with E-state index in [1.807, 2.05) is 11.8 Å². The largest absolute Gasteiger partial charge is 0.391 e. The molecule has 0 radical (unpaired) electrons. The van der Waals surface area contributed by atoms with Gasteiger partial charge in [-0.2, -0.15) is 0 Å². The first kappa shape index (κ1) is 17.6. The number of nitrogens with one attached hydrogen (secondary N) is 2. The van der Waals surface area contributed by atoms with E-state index >= 15 is 0 Å². The molecule has 1 amide bonds. The second-order valence-corrected chi connectivity index (χ2v) is 5.77. The average Bonchev–Trinajstić information content (AvgIpc) is 2.97. The van der Waals surface area contributed by atoms with E-state index in [1.54, 1.807) is 24.3 Å². The van der Waals surface area contributed by atoms with E-state index in [2.05, 4.69) is 15.6 Å². The summed E-state index contributed by atoms with van der Waals surface area (Å²) in [7, 11) is 0. The van der Waals surface area contributed by atoms with E-state index in [-0.39, 0.29) is 12.0 Å². The first-order chi connectivity index (χ1) is 11.1. The molecule has 0 aromatic heterocycles. The third-order valence-corrected chi connectivity index (χ3v) is 3.90. The Balaban J connectivity index is 1.84. The zero-order valence-corrected chi connectivity index (χ0v) is 14.0. The molecule has 0 bridgehead atoms. The summed E-state index contributed by atoms with van der Waals surface area (Å²) in [5.74, 6) is 0.573. The number of likely N-dealkylation sites (tertiary alicyclic amines) is 1. The van der Waals surface area contributed by atoms with Crippen molar-refractivity contribution in [3.8, 4) is 0 Å². The second kappa shape index (κ2) is 8.74. The van der Waals surface area contributed by atoms with Crippen LogP contribution in [0.4, 0.5) is 0 Å². The third kappa shape index (κ3) is 5.11. The topological polar surface area (TPSA) is 77.0 Å². The van der Waals surface area contributed by atoms with Gasteiger partial charge in [-0.15, -0.1) is 0 Å². The molecule has 23 heavy (non-hydrogen) atoms. The van der Waals surface area contributed by atoms with Gasteiger partial charge in [0.1, 0.15) is 0 Å². The smallest absolute Gasteiger partial charge is 0.252 e. The quantitative estimate of drug-likeness (QED) is 0.427. The molecule has 1 aliphatic heterocycles. The standard InChI is InChI=1S/C16H23ClN4O2/c1-2-18-16(21-10-7-12(22)11-21)20-9-8-19-15(23)13-5-3-4-6-14(13)17/h3-6,12,22H,2,7-11H2,1H3,(H,18,20)(H,19,23)/t12-/m1/s1. The number of carbonyl (C=O) groups is 1. The molecule has 0 unspecified atom stereocenters. The Labute approximate surface area is 141 Å². The number of hydrogen-bond donors (Lipinski definition) is 3. The predicted octanol–water partition coefficient (Wildman–Crippen LogP) is 1.10. The maximum atomic E-state index is 12.0. The molecule has 1 aromatic carbocycles. The molecule has 1 saturated heterocycles. The summed E-state index contributed by atoms with van der Waals surface area (Å²) in [5, 5.41) is 16.1. The Morgan fingerprint density at radius 3 is 2.87 bits per heavy atom. The lowest BCUT2D eigenvalue weighted by Gasteiger charge is -2.20. The minimum atomic E-state index is -0.293. The van der Waals surface area contributed by atoms with Crippen molar-refractivity contribution in [1.82, 2.24) is 15.5 Å². The van der Waals surface area contributed by atoms with Crippen molar-refractivity contribution in [3.63, 3.8) is 0 Å². The Morgan fingerprint density at radius 1 is 1.43 bits per heavy atom. The predicted molar refractivity (Wildman–Crippen MR) is 92.0 cm³/mol. The van der Waals surface area contributed by atoms with E-state index in [0.717, 1.165) is 25.5 Å². The maximum Gasteiger partial charge on any atom is 0.252 e. The number of hydrogen-bond acceptors (Lipinski definition) is 3. The third-order valence-electron chi connectivity index (χ3n) is 3.58. The van der Waals surface area contributed by atoms with E-state index in [9.17, 15) is 9.90 Å². The first-order valence-electron chi connectivity index (χ1n) is 7.86. The monoisotopic (exact) mass is 338 g/mol. The Bertz CT molecular complexity index is 565. The summed E-state index contributed by atoms with van der Waals surface area (Å²) in [6.07, 6.45) is 0.465. The van der Waals surface area contributed by atoms with Gasteiger partial charge in [0.15, 0.2) is 5.96 Å². The van der Waals surface area contributed by atoms with Crippen LogP contribution in [0.3, 0.4) is 0 Å². The molecule has 0 spiro atoms. The minimum absolute atomic E-state index is 0.201. The van der Waals surface area contributed by atoms with Crippen molar-refractivity contribution in [1.29, 1.82) is 0 Å². The number of benzene rings is 1. The normalized spacial score (nSPS) is 18.1. The molecule has 1 aromatic rings. The molecular formula is C16H23ClN4O2. The summed E-state index contributed by atoms with van der Waals surface area (Å²) in [5.41, 5.74) is 0.465. The van der Waals surface area contributed by atoms with Crippen molar-refractivity contribution < 1.29 is 9.90 Å². The number of aliphatic imine (C=N–C) groups is 1. The maximum absolute atomic E-state index is 12.0. The van der Waals surface area contributed by atoms with Crippen LogP contribution in [-0.4, -0.2) is 60.7 Å². The summed E-state index contributed by atoms with van der Waals surface area (Å²) in [6.45, 7) is 5.04. The zero-order chi connectivity index (χ0) is 16.7. The lowest BCUT2D eigenvalue weighted by Crippen LogP contribution is -2.41. The van der Waals surface area contributed by atoms with Crippen LogP contribution < -0.4 is 10.6 Å². The van der Waals surface area contributed by atoms with Crippen LogP contribution in [0.1, 0.15) is 23.7 Å². The van der Waals surface area contributed by atoms with Crippen molar-refractivity contribution in [2.24, 2.45) is 4.99 Å². The number of carbonyl (C=O) groups excluding carboxylic acids is 1. The molecule has 1 fully saturated rings. The number of β-amino-alcohol motifs (C(OH)–C–C–N with tert-alkyl or cyclic N) is 1. The van der Waals surface area contributed by atoms with E-state index in [0.29, 0.717) is 30.2 Å². The molecule has 0 saturated carbocycles. The molecule has 7 heteroatoms. The van der Waals surface area contributed by atoms with Crippen LogP contribution in [0.25, 0.3) is 0 Å². The van der Waals surface area contributed by atoms with Gasteiger partial charge >= 0.3 is 0 Å². The Hall–Kier alpha value is -1.79. The van der Waals surface area contributed by atoms with Gasteiger partial charge in [0.05, 0.1) is 23.2 Å². The summed E-state index contributed by atoms with van der Waals surface area (Å²) >= 11 is 5.99. The molecule has 3 N–H and O–H groups in total. The Kier molecular flexibility index (Phi) is 6.67. The van der Waals surface area contributed by atoms with Gasteiger partial charge in [0, 0.05) is 26.2 Å². The van der Waals surface area contributed by atoms with Crippen LogP contribution in [0.15, 0.2) is 29.3 Å². The summed E-state index contributed by atoms with van der Waals surface area (Å²) < 4.78 is 0. The van der Waals surface area contributed by atoms with Crippen molar-refractivity contribution in [2.75, 3.05) is 32.7 Å². The van der Waals surface area contributed by atoms with Crippen LogP contribution >= 0.6 is 11.6 Å². The van der Waals surface area contributed by atoms with Crippen LogP contribution in [0.2, 0.25) is 5.02 Å². The lowest BCUT2D eigenvalue weighted by atomic mass is 10.2. The average molecular weight is 339 g/mol. The zero-order valence-electron chi connectivity index (χ0n) is 13.3. The van der Waals surface area contributed by atoms with Gasteiger partial charge in [-0.3, -0.25) is 9.79 Å².